The summed E-state index contributed by atoms with van der Waals surface area (Å²) in [6.45, 7) is 3.09. The van der Waals surface area contributed by atoms with Crippen LogP contribution in [0.5, 0.6) is 5.75 Å². The number of fused-ring (bicyclic) bond motifs is 1. The molecule has 3 unspecified atom stereocenters. The highest BCUT2D eigenvalue weighted by Gasteiger charge is 2.58. The van der Waals surface area contributed by atoms with Crippen LogP contribution in [0.25, 0.3) is 0 Å². The number of amides is 2. The van der Waals surface area contributed by atoms with Crippen molar-refractivity contribution in [3.05, 3.63) is 83.4 Å². The van der Waals surface area contributed by atoms with E-state index in [1.165, 1.54) is 0 Å². The third kappa shape index (κ3) is 8.07. The number of anilines is 1. The van der Waals surface area contributed by atoms with Gasteiger partial charge in [0.25, 0.3) is 0 Å². The second-order valence-electron chi connectivity index (χ2n) is 12.4. The summed E-state index contributed by atoms with van der Waals surface area (Å²) >= 11 is 0.945. The number of halogens is 3. The molecule has 5 N–H and O–H groups in total. The second-order valence-corrected chi connectivity index (χ2v) is 16.6. The number of hydrogen-bond donors (Lipinski definition) is 4. The number of nitrogens with two attached hydrogens (primary N) is 1. The van der Waals surface area contributed by atoms with Gasteiger partial charge in [-0.15, -0.1) is 0 Å². The molecular weight excluding hydrogens is 738 g/mol. The van der Waals surface area contributed by atoms with Gasteiger partial charge in [0.05, 0.1) is 28.2 Å². The van der Waals surface area contributed by atoms with E-state index in [9.17, 15) is 49.5 Å². The molecule has 5 atom stereocenters. The van der Waals surface area contributed by atoms with Crippen LogP contribution in [0.3, 0.4) is 0 Å². The summed E-state index contributed by atoms with van der Waals surface area (Å²) in [5.41, 5.74) is -1.07. The summed E-state index contributed by atoms with van der Waals surface area (Å²) in [5, 5.41) is 17.6. The molecule has 51 heavy (non-hydrogen) atoms. The number of carboxylic acid groups (broad SMARTS) is 1. The number of nitrogens with one attached hydrogen (secondary N) is 2. The lowest BCUT2D eigenvalue weighted by atomic mass is 10.1. The number of primary sulfonamides is 1. The van der Waals surface area contributed by atoms with Crippen molar-refractivity contribution >= 4 is 54.6 Å². The van der Waals surface area contributed by atoms with Crippen molar-refractivity contribution in [2.75, 3.05) is 17.6 Å². The fourth-order valence-electron chi connectivity index (χ4n) is 6.26. The topological polar surface area (TPSA) is 199 Å². The van der Waals surface area contributed by atoms with Crippen molar-refractivity contribution in [2.24, 2.45) is 11.1 Å². The summed E-state index contributed by atoms with van der Waals surface area (Å²) in [7, 11) is -9.38. The third-order valence-electron chi connectivity index (χ3n) is 8.75. The van der Waals surface area contributed by atoms with Crippen LogP contribution >= 0.6 is 11.8 Å². The normalized spacial score (nSPS) is 23.5. The fourth-order valence-corrected chi connectivity index (χ4v) is 9.27. The summed E-state index contributed by atoms with van der Waals surface area (Å²) in [6, 6.07) is 14.9. The number of hydrogen-bond acceptors (Lipinski definition) is 10. The van der Waals surface area contributed by atoms with Crippen LogP contribution in [0.2, 0.25) is 0 Å². The average molecular weight is 772 g/mol. The zero-order chi connectivity index (χ0) is 37.5. The van der Waals surface area contributed by atoms with Gasteiger partial charge in [-0.3, -0.25) is 4.79 Å². The maximum absolute atomic E-state index is 13.7. The Morgan fingerprint density at radius 3 is 2.33 bits per heavy atom. The molecular formula is C32H34F3N4O9S3+. The number of rotatable bonds is 9. The van der Waals surface area contributed by atoms with Gasteiger partial charge in [0.15, 0.2) is 6.10 Å². The van der Waals surface area contributed by atoms with E-state index in [0.29, 0.717) is 29.0 Å². The molecule has 19 heteroatoms. The molecule has 3 aromatic carbocycles. The molecule has 1 fully saturated rings. The number of carbonyl (C=O) groups is 3. The number of thioether (sulfide) groups is 1. The van der Waals surface area contributed by atoms with Gasteiger partial charge >= 0.3 is 18.2 Å². The van der Waals surface area contributed by atoms with Gasteiger partial charge in [-0.2, -0.15) is 27.2 Å². The first-order valence-corrected chi connectivity index (χ1v) is 19.4. The molecule has 2 aliphatic heterocycles. The van der Waals surface area contributed by atoms with Gasteiger partial charge < -0.3 is 15.2 Å². The monoisotopic (exact) mass is 771 g/mol. The van der Waals surface area contributed by atoms with E-state index in [1.54, 1.807) is 68.4 Å². The van der Waals surface area contributed by atoms with Crippen LogP contribution in [0.4, 0.5) is 23.7 Å². The van der Waals surface area contributed by atoms with E-state index in [2.05, 4.69) is 10.0 Å². The van der Waals surface area contributed by atoms with Gasteiger partial charge in [0.2, 0.25) is 25.2 Å². The number of likely N-dealkylation sites (tertiary alicyclic amines) is 1. The molecule has 0 saturated carbocycles. The number of nitrogens with zero attached hydrogens (tertiary/aromatic N) is 1. The van der Waals surface area contributed by atoms with Crippen LogP contribution in [-0.4, -0.2) is 74.2 Å². The highest BCUT2D eigenvalue weighted by Crippen LogP contribution is 2.40. The van der Waals surface area contributed by atoms with Gasteiger partial charge in [0.1, 0.15) is 23.2 Å². The van der Waals surface area contributed by atoms with Crippen molar-refractivity contribution in [1.82, 2.24) is 4.72 Å². The van der Waals surface area contributed by atoms with E-state index in [-0.39, 0.29) is 30.3 Å². The van der Waals surface area contributed by atoms with Crippen molar-refractivity contribution < 1.29 is 58.7 Å². The quantitative estimate of drug-likeness (QED) is 0.225. The molecule has 2 heterocycles. The first-order valence-electron chi connectivity index (χ1n) is 15.4. The Morgan fingerprint density at radius 2 is 1.75 bits per heavy atom. The first-order chi connectivity index (χ1) is 23.7. The summed E-state index contributed by atoms with van der Waals surface area (Å²) in [4.78, 5) is 36.7. The second kappa shape index (κ2) is 14.2. The molecule has 5 rings (SSSR count). The number of sulfonamides is 2. The number of alkyl halides is 3. The Hall–Kier alpha value is -4.01. The summed E-state index contributed by atoms with van der Waals surface area (Å²) < 4.78 is 98.0. The largest absolute Gasteiger partial charge is 0.521 e. The van der Waals surface area contributed by atoms with Gasteiger partial charge in [-0.1, -0.05) is 54.2 Å². The fraction of sp³-hybridized carbons (Fsp3) is 0.344. The Bertz CT molecular complexity index is 2070. The van der Waals surface area contributed by atoms with Gasteiger partial charge in [0, 0.05) is 24.2 Å². The Morgan fingerprint density at radius 1 is 1.10 bits per heavy atom. The predicted molar refractivity (Wildman–Crippen MR) is 180 cm³/mol. The molecule has 0 aliphatic carbocycles. The molecule has 0 bridgehead atoms. The molecule has 13 nitrogen and oxygen atoms in total. The molecule has 1 saturated heterocycles. The SMILES string of the molecule is CC1CC(Oc2ccc(CC3Nc4cc(C(F)(F)F)c(S(N)(=O)=O)cc4S(=O)(=O)N3)cc2)C[N@@+]1(C(=O)O)C(=O)[C@H](C)CSC(=O)c1ccccc1. The number of ether oxygens (including phenoxy) is 1. The zero-order valence-electron chi connectivity index (χ0n) is 27.1. The van der Waals surface area contributed by atoms with E-state index >= 15 is 0 Å². The van der Waals surface area contributed by atoms with E-state index < -0.39 is 88.0 Å². The molecule has 274 valence electrons. The smallest absolute Gasteiger partial charge is 0.484 e. The average Bonchev–Trinajstić information content (AvgIpc) is 3.38. The van der Waals surface area contributed by atoms with Crippen LogP contribution in [0.1, 0.15) is 41.8 Å². The van der Waals surface area contributed by atoms with Crippen LogP contribution < -0.4 is 19.9 Å². The maximum atomic E-state index is 13.7. The van der Waals surface area contributed by atoms with Gasteiger partial charge in [-0.25, -0.2) is 26.8 Å². The number of carbonyl (C=O) groups excluding carboxylic acids is 2. The van der Waals surface area contributed by atoms with E-state index in [0.717, 1.165) is 11.8 Å². The van der Waals surface area contributed by atoms with Crippen molar-refractivity contribution in [2.45, 2.75) is 61.0 Å². The lowest BCUT2D eigenvalue weighted by Gasteiger charge is -2.31. The molecule has 3 aromatic rings. The number of imide groups is 1. The van der Waals surface area contributed by atoms with E-state index in [1.807, 2.05) is 0 Å². The Labute approximate surface area is 296 Å². The Balaban J connectivity index is 1.25. The first kappa shape index (κ1) is 38.2. The minimum absolute atomic E-state index is 0.0477. The lowest BCUT2D eigenvalue weighted by molar-refractivity contribution is -0.795. The number of quaternary nitrogens is 1. The summed E-state index contributed by atoms with van der Waals surface area (Å²) in [5.74, 6) is -0.874. The Kier molecular flexibility index (Phi) is 10.6. The molecule has 2 amide bonds. The minimum Gasteiger partial charge on any atom is -0.484 e. The number of benzene rings is 3. The predicted octanol–water partition coefficient (Wildman–Crippen LogP) is 4.40. The third-order valence-corrected chi connectivity index (χ3v) is 12.4. The van der Waals surface area contributed by atoms with Crippen molar-refractivity contribution in [1.29, 1.82) is 0 Å². The molecule has 0 aromatic heterocycles. The van der Waals surface area contributed by atoms with Gasteiger partial charge in [-0.05, 0) is 43.7 Å². The highest BCUT2D eigenvalue weighted by atomic mass is 32.2. The van der Waals surface area contributed by atoms with Crippen LogP contribution in [0.15, 0.2) is 76.5 Å². The van der Waals surface area contributed by atoms with Crippen LogP contribution in [-0.2, 0) is 37.4 Å². The standard InChI is InChI=1S/C32H33F3N4O9S3/c1-18(17-49-30(41)21-6-4-3-5-7-21)29(40)39(31(42)43)16-23(12-19(39)2)48-22-10-8-20(9-11-22)13-28-37-25-14-24(32(33,34)35)26(50(36,44)45)15-27(25)51(46,47)38-28/h3-11,14-15,18-19,23,28,37-38H,12-13,16-17H2,1-2H3,(H2-,36,42,43,44,45)/p+1/t18-,19?,23?,28?,39+/m1/s1. The molecule has 0 spiro atoms. The van der Waals surface area contributed by atoms with Crippen molar-refractivity contribution in [3.8, 4) is 5.75 Å². The molecule has 0 radical (unpaired) electrons. The highest BCUT2D eigenvalue weighted by molar-refractivity contribution is 8.14. The zero-order valence-corrected chi connectivity index (χ0v) is 29.5. The lowest BCUT2D eigenvalue weighted by Crippen LogP contribution is -2.61. The summed E-state index contributed by atoms with van der Waals surface area (Å²) in [6.07, 6.45) is -8.06. The van der Waals surface area contributed by atoms with E-state index in [4.69, 9.17) is 9.88 Å². The molecule has 2 aliphatic rings. The van der Waals surface area contributed by atoms with Crippen LogP contribution in [0, 0.1) is 5.92 Å². The minimum atomic E-state index is -5.15. The van der Waals surface area contributed by atoms with Crippen molar-refractivity contribution in [3.63, 3.8) is 0 Å². The maximum Gasteiger partial charge on any atom is 0.521 e.